The number of aliphatic hydroxyl groups is 15. The molecule has 25 atom stereocenters. The molecule has 17 N–H and O–H groups in total. The van der Waals surface area contributed by atoms with Gasteiger partial charge in [-0.05, 0) is 0 Å². The van der Waals surface area contributed by atoms with Crippen LogP contribution < -0.4 is 10.6 Å². The van der Waals surface area contributed by atoms with Gasteiger partial charge in [-0.1, -0.05) is 0 Å². The zero-order valence-electron chi connectivity index (χ0n) is 33.2. The third-order valence-corrected chi connectivity index (χ3v) is 11.1. The van der Waals surface area contributed by atoms with E-state index in [1.807, 2.05) is 0 Å². The van der Waals surface area contributed by atoms with Crippen LogP contribution in [0.1, 0.15) is 13.8 Å². The van der Waals surface area contributed by atoms with Crippen LogP contribution in [0, 0.1) is 0 Å². The zero-order valence-corrected chi connectivity index (χ0v) is 33.2. The molecule has 62 heavy (non-hydrogen) atoms. The molecular weight excluding hydrogens is 852 g/mol. The Morgan fingerprint density at radius 1 is 0.419 bits per heavy atom. The summed E-state index contributed by atoms with van der Waals surface area (Å²) >= 11 is 0. The highest BCUT2D eigenvalue weighted by Gasteiger charge is 2.56. The van der Waals surface area contributed by atoms with E-state index in [1.54, 1.807) is 0 Å². The zero-order chi connectivity index (χ0) is 45.9. The van der Waals surface area contributed by atoms with Crippen molar-refractivity contribution in [1.82, 2.24) is 10.6 Å². The molecule has 5 aliphatic rings. The fourth-order valence-corrected chi connectivity index (χ4v) is 7.72. The third kappa shape index (κ3) is 11.0. The van der Waals surface area contributed by atoms with Crippen molar-refractivity contribution >= 4 is 11.8 Å². The molecule has 28 heteroatoms. The predicted octanol–water partition coefficient (Wildman–Crippen LogP) is -11.6. The van der Waals surface area contributed by atoms with Gasteiger partial charge in [0.05, 0.1) is 33.0 Å². The molecule has 0 radical (unpaired) electrons. The molecule has 0 saturated carbocycles. The Hall–Kier alpha value is -2.02. The van der Waals surface area contributed by atoms with Crippen LogP contribution >= 0.6 is 0 Å². The van der Waals surface area contributed by atoms with Gasteiger partial charge >= 0.3 is 0 Å². The van der Waals surface area contributed by atoms with Gasteiger partial charge in [-0.2, -0.15) is 0 Å². The van der Waals surface area contributed by atoms with E-state index in [-0.39, 0.29) is 0 Å². The number of rotatable bonds is 15. The van der Waals surface area contributed by atoms with Gasteiger partial charge in [0.2, 0.25) is 11.8 Å². The number of nitrogens with one attached hydrogen (secondary N) is 2. The molecule has 5 fully saturated rings. The summed E-state index contributed by atoms with van der Waals surface area (Å²) in [6.07, 6.45) is -42.4. The molecule has 0 spiro atoms. The summed E-state index contributed by atoms with van der Waals surface area (Å²) in [5.41, 5.74) is 0. The summed E-state index contributed by atoms with van der Waals surface area (Å²) in [4.78, 5) is 24.3. The van der Waals surface area contributed by atoms with Gasteiger partial charge in [-0.3, -0.25) is 9.59 Å². The van der Waals surface area contributed by atoms with Crippen LogP contribution in [-0.4, -0.2) is 275 Å². The lowest BCUT2D eigenvalue weighted by Gasteiger charge is -2.50. The van der Waals surface area contributed by atoms with Crippen LogP contribution in [-0.2, 0) is 52.2 Å². The predicted molar refractivity (Wildman–Crippen MR) is 190 cm³/mol. The van der Waals surface area contributed by atoms with Crippen molar-refractivity contribution in [1.29, 1.82) is 0 Å². The Morgan fingerprint density at radius 2 is 0.823 bits per heavy atom. The Bertz CT molecular complexity index is 1440. The van der Waals surface area contributed by atoms with Gasteiger partial charge in [0.15, 0.2) is 31.5 Å². The quantitative estimate of drug-likeness (QED) is 0.0725. The molecule has 2 amide bonds. The number of hydrogen-bond donors (Lipinski definition) is 17. The van der Waals surface area contributed by atoms with E-state index in [2.05, 4.69) is 10.6 Å². The second-order valence-corrected chi connectivity index (χ2v) is 15.5. The van der Waals surface area contributed by atoms with Crippen molar-refractivity contribution in [2.24, 2.45) is 0 Å². The summed E-state index contributed by atoms with van der Waals surface area (Å²) in [5, 5.41) is 163. The molecule has 0 aromatic rings. The number of ether oxygens (including phenoxy) is 9. The largest absolute Gasteiger partial charge is 0.394 e. The van der Waals surface area contributed by atoms with Crippen molar-refractivity contribution in [3.63, 3.8) is 0 Å². The maximum atomic E-state index is 12.5. The molecule has 360 valence electrons. The molecule has 5 saturated heterocycles. The van der Waals surface area contributed by atoms with Crippen molar-refractivity contribution in [3.05, 3.63) is 0 Å². The van der Waals surface area contributed by atoms with Gasteiger partial charge in [0.1, 0.15) is 122 Å². The van der Waals surface area contributed by atoms with Crippen molar-refractivity contribution in [3.8, 4) is 0 Å². The smallest absolute Gasteiger partial charge is 0.217 e. The van der Waals surface area contributed by atoms with Crippen LogP contribution in [0.3, 0.4) is 0 Å². The Balaban J connectivity index is 1.43. The Morgan fingerprint density at radius 3 is 1.35 bits per heavy atom. The molecule has 0 aromatic carbocycles. The number of hydrogen-bond acceptors (Lipinski definition) is 26. The molecule has 28 nitrogen and oxygen atoms in total. The van der Waals surface area contributed by atoms with Crippen LogP contribution in [0.15, 0.2) is 0 Å². The Labute approximate surface area is 351 Å². The summed E-state index contributed by atoms with van der Waals surface area (Å²) in [7, 11) is 0. The van der Waals surface area contributed by atoms with Crippen LogP contribution in [0.2, 0.25) is 0 Å². The standard InChI is InChI=1S/C34H58N2O26/c1-8(41)35-15-20(46)27(12(5-39)55-30(15)53)60-31-16(36-9(2)42)21(47)28(13(6-40)58-31)61-34-29(62-33-26(52)23(49)18(44)11(4-38)57-33)24(50)19(45)14(59-34)7-54-32-25(51)22(48)17(43)10(3-37)56-32/h10-34,37-40,43-53H,3-7H2,1-2H3,(H,35,41)(H,36,42)/t10-,11-,12-,13-,14-,15-,16-,17-,18-,19-,20-,21-,22+,23+,24+,25+,26+,27-,28-,29+,30-,31+,32+,33-,34+/m1/s1. The van der Waals surface area contributed by atoms with Crippen molar-refractivity contribution < 1.29 is 129 Å². The van der Waals surface area contributed by atoms with Crippen LogP contribution in [0.5, 0.6) is 0 Å². The number of carbonyl (C=O) groups is 2. The van der Waals surface area contributed by atoms with Gasteiger partial charge in [0.25, 0.3) is 0 Å². The fraction of sp³-hybridized carbons (Fsp3) is 0.941. The maximum absolute atomic E-state index is 12.5. The second kappa shape index (κ2) is 22.0. The van der Waals surface area contributed by atoms with E-state index in [0.717, 1.165) is 13.8 Å². The first kappa shape index (κ1) is 51.0. The SMILES string of the molecule is CC(=O)N[C@@H]1[C@@H](O)[C@H](O[C@@H]2O[C@H](CO)[C@@H](O[C@@H]3O[C@H](CO[C@H]4O[C@H](CO)[C@@H](O)[C@H](O)[C@@H]4O)[C@@H](O)[C@H](O)[C@@H]3O[C@H]3O[C@H](CO)[C@@H](O)[C@H](O)[C@@H]3O)[C@H](O)[C@H]2NC(C)=O)[C@@H](CO)O[C@H]1O. The van der Waals surface area contributed by atoms with E-state index in [9.17, 15) is 86.2 Å². The molecule has 0 bridgehead atoms. The first-order chi connectivity index (χ1) is 29.3. The highest BCUT2D eigenvalue weighted by Crippen LogP contribution is 2.35. The van der Waals surface area contributed by atoms with Gasteiger partial charge < -0.3 is 130 Å². The fourth-order valence-electron chi connectivity index (χ4n) is 7.72. The lowest BCUT2D eigenvalue weighted by atomic mass is 9.94. The Kier molecular flexibility index (Phi) is 18.1. The summed E-state index contributed by atoms with van der Waals surface area (Å²) < 4.78 is 51.1. The van der Waals surface area contributed by atoms with E-state index < -0.39 is 198 Å². The first-order valence-electron chi connectivity index (χ1n) is 19.6. The second-order valence-electron chi connectivity index (χ2n) is 15.5. The maximum Gasteiger partial charge on any atom is 0.217 e. The molecule has 0 unspecified atom stereocenters. The summed E-state index contributed by atoms with van der Waals surface area (Å²) in [5.74, 6) is -1.50. The summed E-state index contributed by atoms with van der Waals surface area (Å²) in [6.45, 7) is -2.32. The first-order valence-corrected chi connectivity index (χ1v) is 19.6. The highest BCUT2D eigenvalue weighted by atomic mass is 16.8. The van der Waals surface area contributed by atoms with E-state index in [0.29, 0.717) is 0 Å². The van der Waals surface area contributed by atoms with Crippen molar-refractivity contribution in [2.75, 3.05) is 33.0 Å². The van der Waals surface area contributed by atoms with Gasteiger partial charge in [-0.25, -0.2) is 0 Å². The highest BCUT2D eigenvalue weighted by molar-refractivity contribution is 5.73. The monoisotopic (exact) mass is 910 g/mol. The third-order valence-electron chi connectivity index (χ3n) is 11.1. The minimum Gasteiger partial charge on any atom is -0.394 e. The molecule has 5 rings (SSSR count). The molecule has 0 aromatic heterocycles. The van der Waals surface area contributed by atoms with E-state index in [1.165, 1.54) is 0 Å². The molecule has 0 aliphatic carbocycles. The number of amides is 2. The van der Waals surface area contributed by atoms with Gasteiger partial charge in [0, 0.05) is 13.8 Å². The topological polar surface area (TPSA) is 445 Å². The van der Waals surface area contributed by atoms with Crippen LogP contribution in [0.25, 0.3) is 0 Å². The molecule has 5 heterocycles. The molecular formula is C34H58N2O26. The molecule has 5 aliphatic heterocycles. The minimum atomic E-state index is -2.16. The average molecular weight is 911 g/mol. The normalized spacial score (nSPS) is 49.0. The van der Waals surface area contributed by atoms with Crippen molar-refractivity contribution in [2.45, 2.75) is 167 Å². The number of aliphatic hydroxyl groups excluding tert-OH is 15. The van der Waals surface area contributed by atoms with E-state index in [4.69, 9.17) is 42.6 Å². The van der Waals surface area contributed by atoms with Crippen LogP contribution in [0.4, 0.5) is 0 Å². The minimum absolute atomic E-state index is 0.697. The average Bonchev–Trinajstić information content (AvgIpc) is 3.23. The summed E-state index contributed by atoms with van der Waals surface area (Å²) in [6, 6.07) is -3.21. The lowest BCUT2D eigenvalue weighted by molar-refractivity contribution is -0.391. The lowest BCUT2D eigenvalue weighted by Crippen LogP contribution is -2.70. The van der Waals surface area contributed by atoms with E-state index >= 15 is 0 Å². The van der Waals surface area contributed by atoms with Gasteiger partial charge in [-0.15, -0.1) is 0 Å². The number of carbonyl (C=O) groups excluding carboxylic acids is 2.